The van der Waals surface area contributed by atoms with Gasteiger partial charge in [-0.2, -0.15) is 10.2 Å². The molecule has 0 unspecified atom stereocenters. The summed E-state index contributed by atoms with van der Waals surface area (Å²) in [7, 11) is 1.71. The van der Waals surface area contributed by atoms with E-state index in [-0.39, 0.29) is 11.9 Å². The van der Waals surface area contributed by atoms with Crippen molar-refractivity contribution in [2.24, 2.45) is 17.3 Å². The van der Waals surface area contributed by atoms with E-state index < -0.39 is 6.10 Å². The maximum Gasteiger partial charge on any atom is 0.220 e. The minimum Gasteiger partial charge on any atom is -0.493 e. The van der Waals surface area contributed by atoms with Gasteiger partial charge in [-0.3, -0.25) is 4.57 Å². The van der Waals surface area contributed by atoms with Crippen LogP contribution >= 0.6 is 0 Å². The normalized spacial score (nSPS) is 22.7. The third-order valence-corrected chi connectivity index (χ3v) is 4.44. The predicted octanol–water partition coefficient (Wildman–Crippen LogP) is -0.517. The molecule has 25 heavy (non-hydrogen) atoms. The van der Waals surface area contributed by atoms with Crippen molar-refractivity contribution in [3.8, 4) is 5.88 Å². The summed E-state index contributed by atoms with van der Waals surface area (Å²) in [5.74, 6) is 0.531. The lowest BCUT2D eigenvalue weighted by Gasteiger charge is -2.28. The summed E-state index contributed by atoms with van der Waals surface area (Å²) in [4.78, 5) is 4.45. The van der Waals surface area contributed by atoms with Crippen LogP contribution in [-0.2, 0) is 11.8 Å². The quantitative estimate of drug-likeness (QED) is 0.697. The molecule has 4 rings (SSSR count). The molecule has 2 aromatic rings. The number of nitrogens with one attached hydrogen (secondary N) is 1. The first-order valence-electron chi connectivity index (χ1n) is 8.13. The van der Waals surface area contributed by atoms with Crippen LogP contribution in [0.25, 0.3) is 6.08 Å². The minimum absolute atomic E-state index is 0.0487. The molecular weight excluding hydrogens is 322 g/mol. The summed E-state index contributed by atoms with van der Waals surface area (Å²) >= 11 is 0. The molecule has 2 atom stereocenters. The SMILES string of the molecule is Cn1c(N[C@@H]2COCC[C@H]2O)nc(/C=c2\ccc3c(c2)C=NN=3)c1O. The second-order valence-electron chi connectivity index (χ2n) is 6.19. The number of anilines is 1. The Kier molecular flexibility index (Phi) is 3.98. The average Bonchev–Trinajstić information content (AvgIpc) is 3.17. The third kappa shape index (κ3) is 3.01. The molecule has 3 N–H and O–H groups in total. The van der Waals surface area contributed by atoms with Crippen LogP contribution in [0.1, 0.15) is 17.7 Å². The lowest BCUT2D eigenvalue weighted by atomic mass is 10.1. The van der Waals surface area contributed by atoms with Gasteiger partial charge in [-0.1, -0.05) is 6.07 Å². The number of aromatic hydroxyl groups is 1. The van der Waals surface area contributed by atoms with Gasteiger partial charge >= 0.3 is 0 Å². The molecule has 0 spiro atoms. The molecule has 0 aliphatic carbocycles. The zero-order valence-corrected chi connectivity index (χ0v) is 13.8. The molecule has 1 aromatic carbocycles. The monoisotopic (exact) mass is 341 g/mol. The Morgan fingerprint density at radius 3 is 3.12 bits per heavy atom. The molecule has 0 saturated carbocycles. The van der Waals surface area contributed by atoms with E-state index >= 15 is 0 Å². The number of aromatic nitrogens is 2. The fourth-order valence-electron chi connectivity index (χ4n) is 2.94. The van der Waals surface area contributed by atoms with E-state index in [4.69, 9.17) is 4.74 Å². The van der Waals surface area contributed by atoms with Crippen molar-refractivity contribution < 1.29 is 14.9 Å². The Balaban J connectivity index is 1.64. The van der Waals surface area contributed by atoms with Gasteiger partial charge in [-0.25, -0.2) is 4.98 Å². The van der Waals surface area contributed by atoms with Crippen LogP contribution in [0, 0.1) is 0 Å². The number of fused-ring (bicyclic) bond motifs is 1. The van der Waals surface area contributed by atoms with Crippen LogP contribution in [0.5, 0.6) is 5.88 Å². The smallest absolute Gasteiger partial charge is 0.220 e. The number of hydrogen-bond donors (Lipinski definition) is 3. The summed E-state index contributed by atoms with van der Waals surface area (Å²) in [5.41, 5.74) is 1.38. The van der Waals surface area contributed by atoms with Gasteiger partial charge in [0.15, 0.2) is 0 Å². The minimum atomic E-state index is -0.500. The molecule has 1 fully saturated rings. The fraction of sp³-hybridized carbons (Fsp3) is 0.353. The summed E-state index contributed by atoms with van der Waals surface area (Å²) in [6.45, 7) is 0.958. The Hall–Kier alpha value is -2.71. The standard InChI is InChI=1S/C17H19N5O3/c1-22-16(24)13(7-10-2-3-12-11(6-10)8-18-21-12)19-17(22)20-14-9-25-5-4-15(14)23/h2-3,6-8,14-15,23-24H,4-5,9H2,1H3,(H,19,20)/b10-7+/t14-,15-/m1/s1. The Morgan fingerprint density at radius 1 is 1.40 bits per heavy atom. The van der Waals surface area contributed by atoms with E-state index in [2.05, 4.69) is 20.5 Å². The van der Waals surface area contributed by atoms with Crippen molar-refractivity contribution in [3.05, 3.63) is 40.0 Å². The highest BCUT2D eigenvalue weighted by Crippen LogP contribution is 2.23. The Morgan fingerprint density at radius 2 is 2.28 bits per heavy atom. The number of nitrogens with zero attached hydrogens (tertiary/aromatic N) is 4. The zero-order chi connectivity index (χ0) is 17.4. The van der Waals surface area contributed by atoms with E-state index in [0.29, 0.717) is 31.3 Å². The van der Waals surface area contributed by atoms with Gasteiger partial charge in [0.25, 0.3) is 0 Å². The van der Waals surface area contributed by atoms with Crippen LogP contribution in [0.15, 0.2) is 28.4 Å². The number of ether oxygens (including phenoxy) is 1. The number of aliphatic hydroxyl groups excluding tert-OH is 1. The van der Waals surface area contributed by atoms with E-state index in [1.165, 1.54) is 0 Å². The molecule has 8 heteroatoms. The predicted molar refractivity (Wildman–Crippen MR) is 92.1 cm³/mol. The summed E-state index contributed by atoms with van der Waals surface area (Å²) in [6.07, 6.45) is 3.57. The Bertz CT molecular complexity index is 950. The molecule has 0 bridgehead atoms. The first-order chi connectivity index (χ1) is 12.1. The molecular formula is C17H19N5O3. The largest absolute Gasteiger partial charge is 0.493 e. The lowest BCUT2D eigenvalue weighted by Crippen LogP contribution is -2.42. The number of imidazole rings is 1. The molecule has 1 saturated heterocycles. The van der Waals surface area contributed by atoms with E-state index in [0.717, 1.165) is 16.1 Å². The van der Waals surface area contributed by atoms with Gasteiger partial charge in [0.2, 0.25) is 11.8 Å². The number of hydrogen-bond acceptors (Lipinski definition) is 7. The maximum absolute atomic E-state index is 10.4. The van der Waals surface area contributed by atoms with Crippen molar-refractivity contribution in [1.82, 2.24) is 9.55 Å². The van der Waals surface area contributed by atoms with Crippen molar-refractivity contribution in [1.29, 1.82) is 0 Å². The highest BCUT2D eigenvalue weighted by atomic mass is 16.5. The molecule has 1 aromatic heterocycles. The fourth-order valence-corrected chi connectivity index (χ4v) is 2.94. The highest BCUT2D eigenvalue weighted by Gasteiger charge is 2.25. The second kappa shape index (κ2) is 6.30. The van der Waals surface area contributed by atoms with Crippen LogP contribution in [0.3, 0.4) is 0 Å². The van der Waals surface area contributed by atoms with Gasteiger partial charge in [0.1, 0.15) is 5.69 Å². The Labute approximate surface area is 143 Å². The highest BCUT2D eigenvalue weighted by molar-refractivity contribution is 5.80. The third-order valence-electron chi connectivity index (χ3n) is 4.44. The van der Waals surface area contributed by atoms with E-state index in [1.807, 2.05) is 18.2 Å². The maximum atomic E-state index is 10.4. The molecule has 3 heterocycles. The summed E-state index contributed by atoms with van der Waals surface area (Å²) < 4.78 is 6.94. The summed E-state index contributed by atoms with van der Waals surface area (Å²) in [6, 6.07) is 5.47. The molecule has 2 aliphatic heterocycles. The van der Waals surface area contributed by atoms with Crippen molar-refractivity contribution in [3.63, 3.8) is 0 Å². The van der Waals surface area contributed by atoms with Crippen molar-refractivity contribution >= 4 is 18.2 Å². The molecule has 2 aliphatic rings. The van der Waals surface area contributed by atoms with Gasteiger partial charge in [-0.05, 0) is 29.8 Å². The molecule has 0 radical (unpaired) electrons. The zero-order valence-electron chi connectivity index (χ0n) is 13.8. The van der Waals surface area contributed by atoms with Crippen molar-refractivity contribution in [2.45, 2.75) is 18.6 Å². The summed E-state index contributed by atoms with van der Waals surface area (Å²) in [5, 5.41) is 33.2. The number of benzene rings is 1. The van der Waals surface area contributed by atoms with Crippen molar-refractivity contribution in [2.75, 3.05) is 18.5 Å². The van der Waals surface area contributed by atoms with Crippen LogP contribution in [0.2, 0.25) is 0 Å². The van der Waals surface area contributed by atoms with Crippen LogP contribution in [0.4, 0.5) is 5.95 Å². The lowest BCUT2D eigenvalue weighted by molar-refractivity contribution is 0.00285. The first kappa shape index (κ1) is 15.8. The van der Waals surface area contributed by atoms with Gasteiger partial charge in [-0.15, -0.1) is 0 Å². The van der Waals surface area contributed by atoms with E-state index in [1.54, 1.807) is 23.9 Å². The number of aliphatic hydroxyl groups is 1. The van der Waals surface area contributed by atoms with Gasteiger partial charge in [0.05, 0.1) is 30.3 Å². The number of rotatable bonds is 3. The topological polar surface area (TPSA) is 104 Å². The molecule has 0 amide bonds. The second-order valence-corrected chi connectivity index (χ2v) is 6.19. The van der Waals surface area contributed by atoms with E-state index in [9.17, 15) is 10.2 Å². The molecule has 8 nitrogen and oxygen atoms in total. The van der Waals surface area contributed by atoms with Crippen LogP contribution in [-0.4, -0.2) is 51.3 Å². The van der Waals surface area contributed by atoms with Gasteiger partial charge < -0.3 is 20.3 Å². The van der Waals surface area contributed by atoms with Gasteiger partial charge in [0, 0.05) is 19.2 Å². The molecule has 130 valence electrons. The average molecular weight is 341 g/mol. The first-order valence-corrected chi connectivity index (χ1v) is 8.13. The van der Waals surface area contributed by atoms with Crippen LogP contribution < -0.4 is 15.9 Å².